The number of rotatable bonds is 4. The van der Waals surface area contributed by atoms with Crippen LogP contribution in [-0.4, -0.2) is 35.3 Å². The maximum atomic E-state index is 13.1. The summed E-state index contributed by atoms with van der Waals surface area (Å²) in [5, 5.41) is 8.46. The molecule has 12 heteroatoms. The average Bonchev–Trinajstić information content (AvgIpc) is 3.07. The molecule has 1 aromatic carbocycles. The standard InChI is InChI=1S/C15H12F3N5O3S/c1-26-10-4-2-9(3-5-10)13-21-14(15(16,17)18)22-23(13)12-7-6-11(8-20-12)27(19,24)25/h2-8H,1H3,(H2,19,24,25). The Labute approximate surface area is 151 Å². The Balaban J connectivity index is 2.14. The zero-order chi connectivity index (χ0) is 19.8. The minimum Gasteiger partial charge on any atom is -0.497 e. The van der Waals surface area contributed by atoms with E-state index in [1.165, 1.54) is 25.3 Å². The molecule has 3 rings (SSSR count). The van der Waals surface area contributed by atoms with Gasteiger partial charge < -0.3 is 4.74 Å². The van der Waals surface area contributed by atoms with Gasteiger partial charge in [0, 0.05) is 11.8 Å². The molecule has 0 unspecified atom stereocenters. The molecular formula is C15H12F3N5O3S. The fraction of sp³-hybridized carbons (Fsp3) is 0.133. The first-order valence-electron chi connectivity index (χ1n) is 7.27. The molecule has 0 amide bonds. The van der Waals surface area contributed by atoms with Gasteiger partial charge >= 0.3 is 6.18 Å². The molecular weight excluding hydrogens is 387 g/mol. The van der Waals surface area contributed by atoms with Crippen LogP contribution >= 0.6 is 0 Å². The molecule has 0 atom stereocenters. The van der Waals surface area contributed by atoms with Crippen molar-refractivity contribution in [3.63, 3.8) is 0 Å². The third-order valence-electron chi connectivity index (χ3n) is 3.48. The summed E-state index contributed by atoms with van der Waals surface area (Å²) in [5.74, 6) is -1.03. The number of aromatic nitrogens is 4. The Morgan fingerprint density at radius 3 is 2.26 bits per heavy atom. The molecule has 0 aliphatic carbocycles. The highest BCUT2D eigenvalue weighted by Gasteiger charge is 2.37. The lowest BCUT2D eigenvalue weighted by molar-refractivity contribution is -0.144. The van der Waals surface area contributed by atoms with Crippen molar-refractivity contribution in [1.82, 2.24) is 19.7 Å². The quantitative estimate of drug-likeness (QED) is 0.718. The molecule has 2 aromatic heterocycles. The maximum Gasteiger partial charge on any atom is 0.453 e. The molecule has 0 radical (unpaired) electrons. The summed E-state index contributed by atoms with van der Waals surface area (Å²) in [6.45, 7) is 0. The summed E-state index contributed by atoms with van der Waals surface area (Å²) >= 11 is 0. The van der Waals surface area contributed by atoms with Crippen molar-refractivity contribution in [1.29, 1.82) is 0 Å². The van der Waals surface area contributed by atoms with E-state index in [1.807, 2.05) is 0 Å². The molecule has 0 aliphatic rings. The molecule has 3 aromatic rings. The number of alkyl halides is 3. The largest absolute Gasteiger partial charge is 0.497 e. The van der Waals surface area contributed by atoms with Crippen LogP contribution in [0, 0.1) is 0 Å². The molecule has 0 fully saturated rings. The fourth-order valence-electron chi connectivity index (χ4n) is 2.18. The minimum absolute atomic E-state index is 0.0591. The van der Waals surface area contributed by atoms with Crippen LogP contribution in [0.2, 0.25) is 0 Å². The molecule has 142 valence electrons. The third-order valence-corrected chi connectivity index (χ3v) is 4.37. The van der Waals surface area contributed by atoms with Crippen molar-refractivity contribution >= 4 is 10.0 Å². The Morgan fingerprint density at radius 2 is 1.78 bits per heavy atom. The Kier molecular flexibility index (Phi) is 4.61. The number of hydrogen-bond acceptors (Lipinski definition) is 6. The molecule has 27 heavy (non-hydrogen) atoms. The smallest absolute Gasteiger partial charge is 0.453 e. The summed E-state index contributed by atoms with van der Waals surface area (Å²) in [7, 11) is -2.54. The van der Waals surface area contributed by atoms with Crippen molar-refractivity contribution in [3.8, 4) is 23.0 Å². The van der Waals surface area contributed by atoms with Gasteiger partial charge in [0.05, 0.1) is 7.11 Å². The number of halogens is 3. The molecule has 0 saturated heterocycles. The van der Waals surface area contributed by atoms with Gasteiger partial charge in [0.2, 0.25) is 10.0 Å². The number of nitrogens with two attached hydrogens (primary N) is 1. The van der Waals surface area contributed by atoms with E-state index in [2.05, 4.69) is 15.1 Å². The normalized spacial score (nSPS) is 12.2. The van der Waals surface area contributed by atoms with Crippen LogP contribution in [-0.2, 0) is 16.2 Å². The predicted octanol–water partition coefficient (Wildman–Crippen LogP) is 2.00. The summed E-state index contributed by atoms with van der Waals surface area (Å²) < 4.78 is 67.7. The number of primary sulfonamides is 1. The van der Waals surface area contributed by atoms with Gasteiger partial charge in [-0.25, -0.2) is 23.5 Å². The Hall–Kier alpha value is -2.99. The monoisotopic (exact) mass is 399 g/mol. The Morgan fingerprint density at radius 1 is 1.11 bits per heavy atom. The average molecular weight is 399 g/mol. The summed E-state index contributed by atoms with van der Waals surface area (Å²) in [4.78, 5) is 7.11. The summed E-state index contributed by atoms with van der Waals surface area (Å²) in [6.07, 6.45) is -3.84. The van der Waals surface area contributed by atoms with Crippen LogP contribution in [0.15, 0.2) is 47.5 Å². The first kappa shape index (κ1) is 18.8. The second-order valence-electron chi connectivity index (χ2n) is 5.29. The van der Waals surface area contributed by atoms with Gasteiger partial charge in [-0.15, -0.1) is 5.10 Å². The second-order valence-corrected chi connectivity index (χ2v) is 6.86. The van der Waals surface area contributed by atoms with E-state index in [9.17, 15) is 21.6 Å². The number of methoxy groups -OCH3 is 1. The van der Waals surface area contributed by atoms with E-state index in [0.29, 0.717) is 11.3 Å². The van der Waals surface area contributed by atoms with Crippen molar-refractivity contribution in [3.05, 3.63) is 48.4 Å². The van der Waals surface area contributed by atoms with Crippen molar-refractivity contribution in [2.24, 2.45) is 5.14 Å². The van der Waals surface area contributed by atoms with Crippen LogP contribution in [0.5, 0.6) is 5.75 Å². The van der Waals surface area contributed by atoms with E-state index in [1.54, 1.807) is 12.1 Å². The molecule has 2 N–H and O–H groups in total. The van der Waals surface area contributed by atoms with Gasteiger partial charge in [0.1, 0.15) is 10.6 Å². The van der Waals surface area contributed by atoms with Crippen LogP contribution in [0.3, 0.4) is 0 Å². The van der Waals surface area contributed by atoms with Crippen molar-refractivity contribution < 1.29 is 26.3 Å². The maximum absolute atomic E-state index is 13.1. The highest BCUT2D eigenvalue weighted by atomic mass is 32.2. The fourth-order valence-corrected chi connectivity index (χ4v) is 2.64. The molecule has 0 aliphatic heterocycles. The van der Waals surface area contributed by atoms with E-state index in [0.717, 1.165) is 16.9 Å². The van der Waals surface area contributed by atoms with Gasteiger partial charge in [-0.05, 0) is 36.4 Å². The number of hydrogen-bond donors (Lipinski definition) is 1. The van der Waals surface area contributed by atoms with Crippen LogP contribution in [0.25, 0.3) is 17.2 Å². The van der Waals surface area contributed by atoms with Crippen molar-refractivity contribution in [2.75, 3.05) is 7.11 Å². The SMILES string of the molecule is COc1ccc(-c2nc(C(F)(F)F)nn2-c2ccc(S(N)(=O)=O)cn2)cc1. The number of sulfonamides is 1. The highest BCUT2D eigenvalue weighted by molar-refractivity contribution is 7.89. The minimum atomic E-state index is -4.77. The first-order chi connectivity index (χ1) is 12.6. The first-order valence-corrected chi connectivity index (χ1v) is 8.82. The number of nitrogens with zero attached hydrogens (tertiary/aromatic N) is 4. The van der Waals surface area contributed by atoms with Crippen LogP contribution in [0.1, 0.15) is 5.82 Å². The third kappa shape index (κ3) is 3.90. The zero-order valence-corrected chi connectivity index (χ0v) is 14.5. The van der Waals surface area contributed by atoms with Crippen LogP contribution in [0.4, 0.5) is 13.2 Å². The second kappa shape index (κ2) is 6.63. The van der Waals surface area contributed by atoms with E-state index in [-0.39, 0.29) is 16.5 Å². The topological polar surface area (TPSA) is 113 Å². The molecule has 0 saturated carbocycles. The predicted molar refractivity (Wildman–Crippen MR) is 87.5 cm³/mol. The van der Waals surface area contributed by atoms with E-state index >= 15 is 0 Å². The lowest BCUT2D eigenvalue weighted by Gasteiger charge is -2.06. The molecule has 0 bridgehead atoms. The lowest BCUT2D eigenvalue weighted by Crippen LogP contribution is -2.13. The van der Waals surface area contributed by atoms with Gasteiger partial charge in [0.25, 0.3) is 5.82 Å². The Bertz CT molecular complexity index is 1060. The molecule has 8 nitrogen and oxygen atoms in total. The number of benzene rings is 1. The van der Waals surface area contributed by atoms with E-state index < -0.39 is 22.0 Å². The van der Waals surface area contributed by atoms with E-state index in [4.69, 9.17) is 9.88 Å². The van der Waals surface area contributed by atoms with Crippen LogP contribution < -0.4 is 9.88 Å². The lowest BCUT2D eigenvalue weighted by atomic mass is 10.2. The molecule has 2 heterocycles. The summed E-state index contributed by atoms with van der Waals surface area (Å²) in [6, 6.07) is 8.43. The number of pyridine rings is 1. The van der Waals surface area contributed by atoms with Gasteiger partial charge in [-0.1, -0.05) is 0 Å². The zero-order valence-electron chi connectivity index (χ0n) is 13.7. The highest BCUT2D eigenvalue weighted by Crippen LogP contribution is 2.30. The summed E-state index contributed by atoms with van der Waals surface area (Å²) in [5.41, 5.74) is 0.330. The van der Waals surface area contributed by atoms with Gasteiger partial charge in [-0.2, -0.15) is 17.9 Å². The van der Waals surface area contributed by atoms with Gasteiger partial charge in [-0.3, -0.25) is 0 Å². The van der Waals surface area contributed by atoms with Gasteiger partial charge in [0.15, 0.2) is 11.6 Å². The van der Waals surface area contributed by atoms with Crippen molar-refractivity contribution in [2.45, 2.75) is 11.1 Å². The molecule has 0 spiro atoms. The number of ether oxygens (including phenoxy) is 1.